The standard InChI is InChI=1S/C20H38N8.HI/c1-5-21-19(26(3)15-18-23-17-24-27(18)4)22-16-20(9-13-25(2)14-10-20)28-11-7-6-8-12-28;/h17H,5-16H2,1-4H3,(H,21,22);1H. The summed E-state index contributed by atoms with van der Waals surface area (Å²) in [5.41, 5.74) is 0.208. The van der Waals surface area contributed by atoms with Crippen LogP contribution in [0.15, 0.2) is 11.3 Å². The Morgan fingerprint density at radius 2 is 1.86 bits per heavy atom. The zero-order chi connectivity index (χ0) is 20.0. The van der Waals surface area contributed by atoms with Gasteiger partial charge in [-0.25, -0.2) is 4.98 Å². The molecule has 0 atom stereocenters. The molecule has 8 nitrogen and oxygen atoms in total. The number of halogens is 1. The number of hydrogen-bond donors (Lipinski definition) is 1. The molecule has 0 saturated carbocycles. The number of guanidine groups is 1. The smallest absolute Gasteiger partial charge is 0.194 e. The molecule has 0 amide bonds. The second-order valence-corrected chi connectivity index (χ2v) is 8.40. The van der Waals surface area contributed by atoms with Crippen molar-refractivity contribution in [1.82, 2.24) is 34.8 Å². The molecule has 0 aliphatic carbocycles. The Kier molecular flexibility index (Phi) is 9.61. The van der Waals surface area contributed by atoms with E-state index in [4.69, 9.17) is 4.99 Å². The van der Waals surface area contributed by atoms with E-state index in [0.717, 1.165) is 38.0 Å². The van der Waals surface area contributed by atoms with Crippen molar-refractivity contribution in [1.29, 1.82) is 0 Å². The third kappa shape index (κ3) is 6.27. The van der Waals surface area contributed by atoms with E-state index < -0.39 is 0 Å². The average molecular weight is 518 g/mol. The molecule has 0 radical (unpaired) electrons. The quantitative estimate of drug-likeness (QED) is 0.352. The van der Waals surface area contributed by atoms with E-state index in [2.05, 4.69) is 51.1 Å². The van der Waals surface area contributed by atoms with Crippen molar-refractivity contribution in [2.24, 2.45) is 12.0 Å². The number of likely N-dealkylation sites (tertiary alicyclic amines) is 2. The van der Waals surface area contributed by atoms with Gasteiger partial charge in [0.05, 0.1) is 13.1 Å². The van der Waals surface area contributed by atoms with Gasteiger partial charge in [0, 0.05) is 26.2 Å². The number of nitrogens with one attached hydrogen (secondary N) is 1. The summed E-state index contributed by atoms with van der Waals surface area (Å²) in [5, 5.41) is 7.65. The molecule has 1 N–H and O–H groups in total. The molecule has 9 heteroatoms. The largest absolute Gasteiger partial charge is 0.357 e. The van der Waals surface area contributed by atoms with E-state index in [1.165, 1.54) is 45.2 Å². The Balaban J connectivity index is 0.00000300. The fraction of sp³-hybridized carbons (Fsp3) is 0.850. The molecule has 2 aliphatic heterocycles. The van der Waals surface area contributed by atoms with Crippen LogP contribution in [0.1, 0.15) is 44.9 Å². The number of aromatic nitrogens is 3. The van der Waals surface area contributed by atoms with Crippen molar-refractivity contribution < 1.29 is 0 Å². The predicted octanol–water partition coefficient (Wildman–Crippen LogP) is 1.78. The monoisotopic (exact) mass is 518 g/mol. The topological polar surface area (TPSA) is 64.8 Å². The van der Waals surface area contributed by atoms with E-state index in [0.29, 0.717) is 6.54 Å². The Labute approximate surface area is 193 Å². The zero-order valence-electron chi connectivity index (χ0n) is 18.6. The van der Waals surface area contributed by atoms with Crippen LogP contribution in [-0.4, -0.2) is 94.3 Å². The second-order valence-electron chi connectivity index (χ2n) is 8.40. The van der Waals surface area contributed by atoms with E-state index >= 15 is 0 Å². The van der Waals surface area contributed by atoms with Gasteiger partial charge in [0.15, 0.2) is 5.96 Å². The number of hydrogen-bond acceptors (Lipinski definition) is 5. The molecule has 2 saturated heterocycles. The lowest BCUT2D eigenvalue weighted by atomic mass is 9.84. The SMILES string of the molecule is CCNC(=NCC1(N2CCCCC2)CCN(C)CC1)N(C)Cc1ncnn1C.I. The van der Waals surface area contributed by atoms with Crippen molar-refractivity contribution in [3.63, 3.8) is 0 Å². The summed E-state index contributed by atoms with van der Waals surface area (Å²) in [7, 11) is 6.25. The highest BCUT2D eigenvalue weighted by Crippen LogP contribution is 2.31. The van der Waals surface area contributed by atoms with Gasteiger partial charge < -0.3 is 15.1 Å². The molecule has 2 fully saturated rings. The van der Waals surface area contributed by atoms with Crippen molar-refractivity contribution in [2.45, 2.75) is 51.1 Å². The summed E-state index contributed by atoms with van der Waals surface area (Å²) in [6.07, 6.45) is 8.05. The summed E-state index contributed by atoms with van der Waals surface area (Å²) < 4.78 is 1.83. The Morgan fingerprint density at radius 3 is 2.45 bits per heavy atom. The van der Waals surface area contributed by atoms with E-state index in [9.17, 15) is 0 Å². The van der Waals surface area contributed by atoms with Crippen molar-refractivity contribution in [2.75, 3.05) is 53.4 Å². The molecule has 0 unspecified atom stereocenters. The Hall–Kier alpha value is -0.940. The summed E-state index contributed by atoms with van der Waals surface area (Å²) >= 11 is 0. The third-order valence-electron chi connectivity index (χ3n) is 6.35. The number of rotatable bonds is 6. The molecule has 3 rings (SSSR count). The first-order valence-corrected chi connectivity index (χ1v) is 10.8. The van der Waals surface area contributed by atoms with Crippen LogP contribution in [0.4, 0.5) is 0 Å². The minimum absolute atomic E-state index is 0. The van der Waals surface area contributed by atoms with Gasteiger partial charge in [-0.2, -0.15) is 5.10 Å². The maximum absolute atomic E-state index is 5.13. The van der Waals surface area contributed by atoms with Gasteiger partial charge in [-0.1, -0.05) is 6.42 Å². The molecule has 2 aliphatic rings. The summed E-state index contributed by atoms with van der Waals surface area (Å²) in [4.78, 5) is 16.9. The zero-order valence-corrected chi connectivity index (χ0v) is 20.9. The average Bonchev–Trinajstić information content (AvgIpc) is 3.12. The van der Waals surface area contributed by atoms with Crippen LogP contribution in [0.2, 0.25) is 0 Å². The molecule has 1 aromatic heterocycles. The molecule has 3 heterocycles. The third-order valence-corrected chi connectivity index (χ3v) is 6.35. The molecule has 0 spiro atoms. The van der Waals surface area contributed by atoms with E-state index in [1.807, 2.05) is 11.7 Å². The number of piperidine rings is 2. The highest BCUT2D eigenvalue weighted by atomic mass is 127. The van der Waals surface area contributed by atoms with Gasteiger partial charge in [-0.3, -0.25) is 14.6 Å². The minimum Gasteiger partial charge on any atom is -0.357 e. The van der Waals surface area contributed by atoms with Gasteiger partial charge in [0.1, 0.15) is 12.2 Å². The van der Waals surface area contributed by atoms with E-state index in [1.54, 1.807) is 6.33 Å². The first kappa shape index (κ1) is 24.3. The number of aliphatic imine (C=N–C) groups is 1. The maximum Gasteiger partial charge on any atom is 0.194 e. The summed E-state index contributed by atoms with van der Waals surface area (Å²) in [5.74, 6) is 1.90. The lowest BCUT2D eigenvalue weighted by Crippen LogP contribution is -2.58. The van der Waals surface area contributed by atoms with Crippen LogP contribution in [-0.2, 0) is 13.6 Å². The Morgan fingerprint density at radius 1 is 1.17 bits per heavy atom. The van der Waals surface area contributed by atoms with Crippen molar-refractivity contribution >= 4 is 29.9 Å². The molecular formula is C20H39IN8. The fourth-order valence-electron chi connectivity index (χ4n) is 4.42. The van der Waals surface area contributed by atoms with Crippen LogP contribution in [0, 0.1) is 0 Å². The molecular weight excluding hydrogens is 479 g/mol. The van der Waals surface area contributed by atoms with Crippen LogP contribution in [0.5, 0.6) is 0 Å². The molecule has 1 aromatic rings. The molecule has 29 heavy (non-hydrogen) atoms. The second kappa shape index (κ2) is 11.5. The van der Waals surface area contributed by atoms with Gasteiger partial charge in [0.2, 0.25) is 0 Å². The van der Waals surface area contributed by atoms with E-state index in [-0.39, 0.29) is 29.5 Å². The van der Waals surface area contributed by atoms with Crippen molar-refractivity contribution in [3.05, 3.63) is 12.2 Å². The predicted molar refractivity (Wildman–Crippen MR) is 129 cm³/mol. The summed E-state index contributed by atoms with van der Waals surface area (Å²) in [6, 6.07) is 0. The maximum atomic E-state index is 5.13. The van der Waals surface area contributed by atoms with Gasteiger partial charge in [-0.05, 0) is 65.8 Å². The normalized spacial score (nSPS) is 20.9. The number of aryl methyl sites for hydroxylation is 1. The van der Waals surface area contributed by atoms with Crippen molar-refractivity contribution in [3.8, 4) is 0 Å². The van der Waals surface area contributed by atoms with Gasteiger partial charge in [0.25, 0.3) is 0 Å². The van der Waals surface area contributed by atoms with Gasteiger partial charge >= 0.3 is 0 Å². The Bertz CT molecular complexity index is 632. The molecule has 166 valence electrons. The lowest BCUT2D eigenvalue weighted by Gasteiger charge is -2.49. The summed E-state index contributed by atoms with van der Waals surface area (Å²) in [6.45, 7) is 9.33. The minimum atomic E-state index is 0. The number of nitrogens with zero attached hydrogens (tertiary/aromatic N) is 7. The van der Waals surface area contributed by atoms with Crippen LogP contribution < -0.4 is 5.32 Å². The molecule has 0 aromatic carbocycles. The fourth-order valence-corrected chi connectivity index (χ4v) is 4.42. The van der Waals surface area contributed by atoms with Gasteiger partial charge in [-0.15, -0.1) is 24.0 Å². The first-order chi connectivity index (χ1) is 13.5. The highest BCUT2D eigenvalue weighted by molar-refractivity contribution is 14.0. The van der Waals surface area contributed by atoms with Crippen LogP contribution in [0.25, 0.3) is 0 Å². The molecule has 0 bridgehead atoms. The van der Waals surface area contributed by atoms with Crippen LogP contribution >= 0.6 is 24.0 Å². The highest BCUT2D eigenvalue weighted by Gasteiger charge is 2.39. The van der Waals surface area contributed by atoms with Crippen LogP contribution in [0.3, 0.4) is 0 Å². The first-order valence-electron chi connectivity index (χ1n) is 10.8. The lowest BCUT2D eigenvalue weighted by molar-refractivity contribution is 0.0206.